The van der Waals surface area contributed by atoms with Crippen molar-refractivity contribution in [3.05, 3.63) is 23.7 Å². The van der Waals surface area contributed by atoms with E-state index in [2.05, 4.69) is 4.98 Å². The van der Waals surface area contributed by atoms with Crippen molar-refractivity contribution in [1.82, 2.24) is 4.98 Å². The van der Waals surface area contributed by atoms with E-state index in [9.17, 15) is 4.79 Å². The molecule has 0 bridgehead atoms. The molecule has 0 unspecified atom stereocenters. The Balaban J connectivity index is 2.29. The lowest BCUT2D eigenvalue weighted by atomic mass is 10.3. The second kappa shape index (κ2) is 3.63. The first-order valence-corrected chi connectivity index (χ1v) is 4.82. The zero-order chi connectivity index (χ0) is 9.97. The van der Waals surface area contributed by atoms with Crippen LogP contribution in [0.1, 0.15) is 0 Å². The minimum atomic E-state index is -0.978. The van der Waals surface area contributed by atoms with Crippen molar-refractivity contribution in [2.75, 3.05) is 6.61 Å². The molecule has 2 heterocycles. The lowest BCUT2D eigenvalue weighted by molar-refractivity contribution is -0.139. The molecule has 0 fully saturated rings. The fourth-order valence-corrected chi connectivity index (χ4v) is 1.93. The van der Waals surface area contributed by atoms with Crippen LogP contribution in [-0.2, 0) is 4.79 Å². The van der Waals surface area contributed by atoms with Crippen LogP contribution in [0.2, 0.25) is 0 Å². The second-order valence-electron chi connectivity index (χ2n) is 2.64. The van der Waals surface area contributed by atoms with Crippen LogP contribution in [0.3, 0.4) is 0 Å². The summed E-state index contributed by atoms with van der Waals surface area (Å²) in [6.45, 7) is -0.319. The molecule has 0 aliphatic carbocycles. The minimum Gasteiger partial charge on any atom is -0.480 e. The number of aromatic nitrogens is 1. The van der Waals surface area contributed by atoms with Gasteiger partial charge in [-0.15, -0.1) is 11.3 Å². The van der Waals surface area contributed by atoms with E-state index in [0.29, 0.717) is 5.75 Å². The summed E-state index contributed by atoms with van der Waals surface area (Å²) < 4.78 is 5.09. The number of carboxylic acids is 1. The van der Waals surface area contributed by atoms with E-state index in [0.717, 1.165) is 10.2 Å². The Hall–Kier alpha value is -1.62. The van der Waals surface area contributed by atoms with Crippen LogP contribution in [0, 0.1) is 0 Å². The van der Waals surface area contributed by atoms with Gasteiger partial charge in [-0.3, -0.25) is 0 Å². The molecule has 2 aromatic rings. The van der Waals surface area contributed by atoms with Gasteiger partial charge < -0.3 is 9.84 Å². The fraction of sp³-hybridized carbons (Fsp3) is 0.111. The van der Waals surface area contributed by atoms with E-state index >= 15 is 0 Å². The van der Waals surface area contributed by atoms with Crippen LogP contribution in [0.4, 0.5) is 0 Å². The van der Waals surface area contributed by atoms with Crippen LogP contribution >= 0.6 is 11.3 Å². The van der Waals surface area contributed by atoms with Gasteiger partial charge in [-0.2, -0.15) is 0 Å². The molecular formula is C9H7NO3S. The number of carboxylic acid groups (broad SMARTS) is 1. The number of nitrogens with zero attached hydrogens (tertiary/aromatic N) is 1. The van der Waals surface area contributed by atoms with Gasteiger partial charge in [0, 0.05) is 11.6 Å². The Morgan fingerprint density at radius 1 is 1.64 bits per heavy atom. The summed E-state index contributed by atoms with van der Waals surface area (Å²) in [6, 6.07) is 3.65. The maximum Gasteiger partial charge on any atom is 0.341 e. The molecule has 0 radical (unpaired) electrons. The van der Waals surface area contributed by atoms with Gasteiger partial charge in [0.25, 0.3) is 0 Å². The lowest BCUT2D eigenvalue weighted by Crippen LogP contribution is -2.08. The van der Waals surface area contributed by atoms with Crippen molar-refractivity contribution in [3.8, 4) is 5.75 Å². The van der Waals surface area contributed by atoms with Crippen molar-refractivity contribution < 1.29 is 14.6 Å². The van der Waals surface area contributed by atoms with Gasteiger partial charge in [0.1, 0.15) is 10.6 Å². The van der Waals surface area contributed by atoms with Crippen molar-refractivity contribution >= 4 is 27.5 Å². The molecule has 0 atom stereocenters. The Kier molecular flexibility index (Phi) is 2.32. The maximum atomic E-state index is 10.3. The first-order valence-electron chi connectivity index (χ1n) is 3.94. The van der Waals surface area contributed by atoms with Gasteiger partial charge in [-0.1, -0.05) is 0 Å². The van der Waals surface area contributed by atoms with Crippen molar-refractivity contribution in [1.29, 1.82) is 0 Å². The predicted octanol–water partition coefficient (Wildman–Crippen LogP) is 1.76. The number of pyridine rings is 1. The highest BCUT2D eigenvalue weighted by molar-refractivity contribution is 7.17. The first-order chi connectivity index (χ1) is 6.77. The average molecular weight is 209 g/mol. The molecule has 0 saturated carbocycles. The summed E-state index contributed by atoms with van der Waals surface area (Å²) in [5.74, 6) is -0.395. The first kappa shape index (κ1) is 8.96. The van der Waals surface area contributed by atoms with Crippen molar-refractivity contribution in [3.63, 3.8) is 0 Å². The lowest BCUT2D eigenvalue weighted by Gasteiger charge is -1.99. The van der Waals surface area contributed by atoms with E-state index < -0.39 is 5.97 Å². The highest BCUT2D eigenvalue weighted by Gasteiger charge is 2.06. The summed E-state index contributed by atoms with van der Waals surface area (Å²) in [6.07, 6.45) is 1.69. The quantitative estimate of drug-likeness (QED) is 0.836. The summed E-state index contributed by atoms with van der Waals surface area (Å²) in [4.78, 5) is 15.3. The monoisotopic (exact) mass is 209 g/mol. The molecule has 0 amide bonds. The second-order valence-corrected chi connectivity index (χ2v) is 3.50. The Bertz CT molecular complexity index is 466. The number of hydrogen-bond donors (Lipinski definition) is 1. The van der Waals surface area contributed by atoms with E-state index in [1.165, 1.54) is 11.3 Å². The molecule has 14 heavy (non-hydrogen) atoms. The Morgan fingerprint density at radius 2 is 2.50 bits per heavy atom. The number of thiophene rings is 1. The fourth-order valence-electron chi connectivity index (χ4n) is 1.10. The van der Waals surface area contributed by atoms with Gasteiger partial charge in [0.15, 0.2) is 6.61 Å². The van der Waals surface area contributed by atoms with Crippen LogP contribution in [-0.4, -0.2) is 22.7 Å². The highest BCUT2D eigenvalue weighted by Crippen LogP contribution is 2.29. The normalized spacial score (nSPS) is 10.3. The molecule has 5 heteroatoms. The third-order valence-corrected chi connectivity index (χ3v) is 2.55. The Labute approximate surface area is 83.8 Å². The number of carbonyl (C=O) groups is 1. The SMILES string of the molecule is O=C(O)COc1csc2ncccc12. The molecule has 0 aliphatic rings. The third-order valence-electron chi connectivity index (χ3n) is 1.67. The Morgan fingerprint density at radius 3 is 3.29 bits per heavy atom. The largest absolute Gasteiger partial charge is 0.480 e. The zero-order valence-electron chi connectivity index (χ0n) is 7.14. The summed E-state index contributed by atoms with van der Waals surface area (Å²) >= 11 is 1.44. The number of rotatable bonds is 3. The van der Waals surface area contributed by atoms with Crippen molar-refractivity contribution in [2.24, 2.45) is 0 Å². The number of ether oxygens (including phenoxy) is 1. The molecule has 2 rings (SSSR count). The number of hydrogen-bond acceptors (Lipinski definition) is 4. The molecular weight excluding hydrogens is 202 g/mol. The zero-order valence-corrected chi connectivity index (χ0v) is 7.95. The molecule has 0 aromatic carbocycles. The molecule has 4 nitrogen and oxygen atoms in total. The van der Waals surface area contributed by atoms with Gasteiger partial charge in [0.05, 0.1) is 5.39 Å². The number of fused-ring (bicyclic) bond motifs is 1. The van der Waals surface area contributed by atoms with Gasteiger partial charge in [-0.05, 0) is 12.1 Å². The predicted molar refractivity (Wildman–Crippen MR) is 52.8 cm³/mol. The smallest absolute Gasteiger partial charge is 0.341 e. The molecule has 72 valence electrons. The summed E-state index contributed by atoms with van der Waals surface area (Å²) in [5, 5.41) is 11.1. The van der Waals surface area contributed by atoms with Gasteiger partial charge in [-0.25, -0.2) is 9.78 Å². The standard InChI is InChI=1S/C9H7NO3S/c11-8(12)4-13-7-5-14-9-6(7)2-1-3-10-9/h1-3,5H,4H2,(H,11,12). The van der Waals surface area contributed by atoms with E-state index in [1.807, 2.05) is 6.07 Å². The van der Waals surface area contributed by atoms with Crippen LogP contribution in [0.15, 0.2) is 23.7 Å². The van der Waals surface area contributed by atoms with Crippen LogP contribution in [0.25, 0.3) is 10.2 Å². The molecule has 0 saturated heterocycles. The third kappa shape index (κ3) is 1.67. The van der Waals surface area contributed by atoms with Crippen LogP contribution in [0.5, 0.6) is 5.75 Å². The average Bonchev–Trinajstić information content (AvgIpc) is 2.58. The van der Waals surface area contributed by atoms with Gasteiger partial charge >= 0.3 is 5.97 Å². The molecule has 0 aliphatic heterocycles. The minimum absolute atomic E-state index is 0.319. The molecule has 0 spiro atoms. The molecule has 1 N–H and O–H groups in total. The summed E-state index contributed by atoms with van der Waals surface area (Å²) in [7, 11) is 0. The molecule has 2 aromatic heterocycles. The number of aliphatic carboxylic acids is 1. The summed E-state index contributed by atoms with van der Waals surface area (Å²) in [5.41, 5.74) is 0. The van der Waals surface area contributed by atoms with Crippen molar-refractivity contribution in [2.45, 2.75) is 0 Å². The topological polar surface area (TPSA) is 59.4 Å². The highest BCUT2D eigenvalue weighted by atomic mass is 32.1. The van der Waals surface area contributed by atoms with E-state index in [-0.39, 0.29) is 6.61 Å². The van der Waals surface area contributed by atoms with Gasteiger partial charge in [0.2, 0.25) is 0 Å². The maximum absolute atomic E-state index is 10.3. The van der Waals surface area contributed by atoms with E-state index in [1.54, 1.807) is 17.6 Å². The van der Waals surface area contributed by atoms with Crippen LogP contribution < -0.4 is 4.74 Å². The van der Waals surface area contributed by atoms with E-state index in [4.69, 9.17) is 9.84 Å².